The number of allylic oxidation sites excluding steroid dienone is 1. The van der Waals surface area contributed by atoms with Crippen molar-refractivity contribution < 1.29 is 4.74 Å². The van der Waals surface area contributed by atoms with E-state index in [1.54, 1.807) is 5.57 Å². The fourth-order valence-corrected chi connectivity index (χ4v) is 2.98. The van der Waals surface area contributed by atoms with Gasteiger partial charge in [-0.1, -0.05) is 19.4 Å². The maximum absolute atomic E-state index is 6.19. The van der Waals surface area contributed by atoms with E-state index in [2.05, 4.69) is 26.8 Å². The first-order valence-corrected chi connectivity index (χ1v) is 6.29. The average molecular weight is 206 g/mol. The molecule has 0 bridgehead atoms. The second-order valence-corrected chi connectivity index (χ2v) is 4.66. The van der Waals surface area contributed by atoms with E-state index in [-0.39, 0.29) is 0 Å². The van der Waals surface area contributed by atoms with E-state index in [0.29, 0.717) is 12.2 Å². The van der Waals surface area contributed by atoms with Gasteiger partial charge in [-0.05, 0) is 56.3 Å². The maximum Gasteiger partial charge on any atom is 0.0829 e. The third-order valence-corrected chi connectivity index (χ3v) is 3.82. The van der Waals surface area contributed by atoms with Gasteiger partial charge in [0.05, 0.1) is 12.2 Å². The normalized spacial score (nSPS) is 34.5. The van der Waals surface area contributed by atoms with Crippen molar-refractivity contribution in [1.29, 1.82) is 0 Å². The molecule has 2 aliphatic rings. The second kappa shape index (κ2) is 4.52. The van der Waals surface area contributed by atoms with Crippen molar-refractivity contribution in [3.8, 4) is 0 Å². The predicted octanol–water partition coefficient (Wildman–Crippen LogP) is 4.00. The topological polar surface area (TPSA) is 9.23 Å². The molecule has 0 aromatic rings. The van der Waals surface area contributed by atoms with E-state index in [1.807, 2.05) is 0 Å². The summed E-state index contributed by atoms with van der Waals surface area (Å²) in [4.78, 5) is 0. The minimum atomic E-state index is 0.349. The molecule has 15 heavy (non-hydrogen) atoms. The van der Waals surface area contributed by atoms with Gasteiger partial charge in [0.15, 0.2) is 0 Å². The van der Waals surface area contributed by atoms with Gasteiger partial charge >= 0.3 is 0 Å². The molecule has 2 rings (SSSR count). The first-order chi connectivity index (χ1) is 7.27. The number of rotatable bonds is 1. The van der Waals surface area contributed by atoms with Crippen LogP contribution >= 0.6 is 0 Å². The Kier molecular flexibility index (Phi) is 3.30. The summed E-state index contributed by atoms with van der Waals surface area (Å²) in [7, 11) is 0. The third kappa shape index (κ3) is 1.90. The van der Waals surface area contributed by atoms with Crippen molar-refractivity contribution in [2.24, 2.45) is 0 Å². The van der Waals surface area contributed by atoms with Crippen LogP contribution in [-0.4, -0.2) is 12.2 Å². The Morgan fingerprint density at radius 2 is 2.20 bits per heavy atom. The zero-order chi connectivity index (χ0) is 10.8. The van der Waals surface area contributed by atoms with Crippen molar-refractivity contribution >= 4 is 0 Å². The maximum atomic E-state index is 6.19. The highest BCUT2D eigenvalue weighted by Gasteiger charge is 2.31. The third-order valence-electron chi connectivity index (χ3n) is 3.82. The van der Waals surface area contributed by atoms with Crippen LogP contribution < -0.4 is 0 Å². The zero-order valence-corrected chi connectivity index (χ0v) is 10.2. The molecule has 0 aromatic heterocycles. The van der Waals surface area contributed by atoms with E-state index >= 15 is 0 Å². The van der Waals surface area contributed by atoms with E-state index in [0.717, 1.165) is 6.42 Å². The Labute approximate surface area is 93.2 Å². The molecule has 0 N–H and O–H groups in total. The van der Waals surface area contributed by atoms with E-state index in [1.165, 1.54) is 36.8 Å². The lowest BCUT2D eigenvalue weighted by molar-refractivity contribution is 0.00529. The summed E-state index contributed by atoms with van der Waals surface area (Å²) in [6.07, 6.45) is 9.30. The van der Waals surface area contributed by atoms with Gasteiger partial charge < -0.3 is 4.74 Å². The van der Waals surface area contributed by atoms with Gasteiger partial charge in [0.1, 0.15) is 0 Å². The molecule has 1 aliphatic heterocycles. The highest BCUT2D eigenvalue weighted by Crippen LogP contribution is 2.38. The van der Waals surface area contributed by atoms with Crippen LogP contribution in [0.5, 0.6) is 0 Å². The summed E-state index contributed by atoms with van der Waals surface area (Å²) < 4.78 is 6.19. The standard InChI is InChI=1S/C14H22O/c1-4-11-10(3)12-8-6-7-9-14(12)15-13(11)5-2/h4,13-14H,5-9H2,1-3H3/b11-4+/t13-,14-/m1/s1. The van der Waals surface area contributed by atoms with Crippen LogP contribution in [-0.2, 0) is 4.74 Å². The molecule has 1 aliphatic carbocycles. The van der Waals surface area contributed by atoms with Crippen molar-refractivity contribution in [2.45, 2.75) is 65.1 Å². The molecule has 0 radical (unpaired) electrons. The smallest absolute Gasteiger partial charge is 0.0829 e. The minimum Gasteiger partial charge on any atom is -0.366 e. The number of hydrogen-bond acceptors (Lipinski definition) is 1. The van der Waals surface area contributed by atoms with Gasteiger partial charge in [-0.15, -0.1) is 0 Å². The van der Waals surface area contributed by atoms with E-state index in [9.17, 15) is 0 Å². The van der Waals surface area contributed by atoms with Gasteiger partial charge in [-0.3, -0.25) is 0 Å². The molecule has 0 unspecified atom stereocenters. The minimum absolute atomic E-state index is 0.349. The first kappa shape index (κ1) is 10.9. The SMILES string of the molecule is C/C=C1\C(C)=C2CCCC[C@H]2O[C@@H]1CC. The summed E-state index contributed by atoms with van der Waals surface area (Å²) in [6, 6.07) is 0. The van der Waals surface area contributed by atoms with Gasteiger partial charge in [0, 0.05) is 0 Å². The summed E-state index contributed by atoms with van der Waals surface area (Å²) in [6.45, 7) is 6.64. The van der Waals surface area contributed by atoms with Gasteiger partial charge in [-0.25, -0.2) is 0 Å². The average Bonchev–Trinajstić information content (AvgIpc) is 2.29. The fourth-order valence-electron chi connectivity index (χ4n) is 2.98. The Morgan fingerprint density at radius 3 is 2.87 bits per heavy atom. The molecule has 1 heterocycles. The highest BCUT2D eigenvalue weighted by atomic mass is 16.5. The molecule has 84 valence electrons. The van der Waals surface area contributed by atoms with Crippen LogP contribution in [0.2, 0.25) is 0 Å². The number of hydrogen-bond donors (Lipinski definition) is 0. The molecule has 1 nitrogen and oxygen atoms in total. The number of ether oxygens (including phenoxy) is 1. The Bertz CT molecular complexity index is 298. The largest absolute Gasteiger partial charge is 0.366 e. The lowest BCUT2D eigenvalue weighted by Crippen LogP contribution is -2.33. The Balaban J connectivity index is 2.33. The number of fused-ring (bicyclic) bond motifs is 1. The molecule has 1 fully saturated rings. The fraction of sp³-hybridized carbons (Fsp3) is 0.714. The summed E-state index contributed by atoms with van der Waals surface area (Å²) in [5, 5.41) is 0. The molecule has 2 atom stereocenters. The molecule has 1 heteroatoms. The van der Waals surface area contributed by atoms with Crippen molar-refractivity contribution in [3.63, 3.8) is 0 Å². The lowest BCUT2D eigenvalue weighted by Gasteiger charge is -2.37. The second-order valence-electron chi connectivity index (χ2n) is 4.66. The Hall–Kier alpha value is -0.560. The van der Waals surface area contributed by atoms with Gasteiger partial charge in [0.25, 0.3) is 0 Å². The van der Waals surface area contributed by atoms with Crippen LogP contribution in [0.3, 0.4) is 0 Å². The van der Waals surface area contributed by atoms with Crippen LogP contribution in [0.15, 0.2) is 22.8 Å². The molecule has 1 saturated carbocycles. The quantitative estimate of drug-likeness (QED) is 0.630. The van der Waals surface area contributed by atoms with Gasteiger partial charge in [0.2, 0.25) is 0 Å². The molecule has 0 amide bonds. The first-order valence-electron chi connectivity index (χ1n) is 6.29. The van der Waals surface area contributed by atoms with Gasteiger partial charge in [-0.2, -0.15) is 0 Å². The van der Waals surface area contributed by atoms with Crippen LogP contribution in [0.4, 0.5) is 0 Å². The van der Waals surface area contributed by atoms with Crippen LogP contribution in [0.25, 0.3) is 0 Å². The summed E-state index contributed by atoms with van der Waals surface area (Å²) >= 11 is 0. The molecular formula is C14H22O. The van der Waals surface area contributed by atoms with Crippen LogP contribution in [0.1, 0.15) is 52.9 Å². The lowest BCUT2D eigenvalue weighted by atomic mass is 9.82. The van der Waals surface area contributed by atoms with E-state index < -0.39 is 0 Å². The van der Waals surface area contributed by atoms with Crippen molar-refractivity contribution in [2.75, 3.05) is 0 Å². The molecule has 0 saturated heterocycles. The summed E-state index contributed by atoms with van der Waals surface area (Å²) in [5.74, 6) is 0. The van der Waals surface area contributed by atoms with E-state index in [4.69, 9.17) is 4.74 Å². The highest BCUT2D eigenvalue weighted by molar-refractivity contribution is 5.41. The zero-order valence-electron chi connectivity index (χ0n) is 10.2. The molecule has 0 aromatic carbocycles. The monoisotopic (exact) mass is 206 g/mol. The Morgan fingerprint density at radius 1 is 1.40 bits per heavy atom. The van der Waals surface area contributed by atoms with Crippen LogP contribution in [0, 0.1) is 0 Å². The summed E-state index contributed by atoms with van der Waals surface area (Å²) in [5.41, 5.74) is 4.55. The molecular weight excluding hydrogens is 184 g/mol. The predicted molar refractivity (Wildman–Crippen MR) is 63.9 cm³/mol. The van der Waals surface area contributed by atoms with Crippen molar-refractivity contribution in [1.82, 2.24) is 0 Å². The van der Waals surface area contributed by atoms with Crippen molar-refractivity contribution in [3.05, 3.63) is 22.8 Å². The molecule has 0 spiro atoms.